The molecule has 1 aromatic rings. The van der Waals surface area contributed by atoms with Crippen LogP contribution in [0.15, 0.2) is 24.3 Å². The van der Waals surface area contributed by atoms with Gasteiger partial charge in [-0.2, -0.15) is 0 Å². The molecule has 0 fully saturated rings. The Labute approximate surface area is 87.6 Å². The van der Waals surface area contributed by atoms with E-state index in [9.17, 15) is 0 Å². The highest BCUT2D eigenvalue weighted by Gasteiger charge is 2.07. The van der Waals surface area contributed by atoms with Crippen LogP contribution in [0.1, 0.15) is 0 Å². The van der Waals surface area contributed by atoms with Crippen LogP contribution in [0, 0.1) is 0 Å². The number of hydrazine groups is 2. The number of ether oxygens (including phenoxy) is 1. The first-order chi connectivity index (χ1) is 6.65. The molecule has 0 saturated carbocycles. The number of nitrogens with two attached hydrogens (primary N) is 2. The monoisotopic (exact) mass is 212 g/mol. The van der Waals surface area contributed by atoms with Crippen LogP contribution in [0.5, 0.6) is 5.75 Å². The molecule has 5 nitrogen and oxygen atoms in total. The number of anilines is 1. The van der Waals surface area contributed by atoms with Gasteiger partial charge in [-0.1, -0.05) is 12.1 Å². The SMILES string of the molecule is COc1ccccc1N(N)NC(N)=S. The van der Waals surface area contributed by atoms with E-state index in [2.05, 4.69) is 17.6 Å². The zero-order chi connectivity index (χ0) is 10.6. The van der Waals surface area contributed by atoms with Crippen LogP contribution in [0.2, 0.25) is 0 Å². The molecule has 0 radical (unpaired) electrons. The number of methoxy groups -OCH3 is 1. The lowest BCUT2D eigenvalue weighted by Gasteiger charge is -2.21. The number of thiocarbonyl (C=S) groups is 1. The zero-order valence-corrected chi connectivity index (χ0v) is 8.54. The van der Waals surface area contributed by atoms with Gasteiger partial charge in [-0.15, -0.1) is 0 Å². The predicted molar refractivity (Wildman–Crippen MR) is 59.6 cm³/mol. The Morgan fingerprint density at radius 3 is 2.71 bits per heavy atom. The third kappa shape index (κ3) is 2.48. The van der Waals surface area contributed by atoms with E-state index in [-0.39, 0.29) is 5.11 Å². The molecule has 76 valence electrons. The molecule has 0 spiro atoms. The van der Waals surface area contributed by atoms with Crippen LogP contribution in [0.3, 0.4) is 0 Å². The smallest absolute Gasteiger partial charge is 0.183 e. The fourth-order valence-corrected chi connectivity index (χ4v) is 1.11. The molecular formula is C8H12N4OS. The molecule has 6 heteroatoms. The molecule has 1 rings (SSSR count). The van der Waals surface area contributed by atoms with E-state index >= 15 is 0 Å². The second-order valence-electron chi connectivity index (χ2n) is 2.52. The van der Waals surface area contributed by atoms with Gasteiger partial charge >= 0.3 is 0 Å². The van der Waals surface area contributed by atoms with Gasteiger partial charge in [-0.05, 0) is 24.4 Å². The van der Waals surface area contributed by atoms with E-state index in [4.69, 9.17) is 16.3 Å². The third-order valence-electron chi connectivity index (χ3n) is 1.58. The number of nitrogens with one attached hydrogen (secondary N) is 1. The average Bonchev–Trinajstić information content (AvgIpc) is 2.16. The van der Waals surface area contributed by atoms with Crippen LogP contribution in [0.25, 0.3) is 0 Å². The standard InChI is InChI=1S/C8H12N4OS/c1-13-7-5-3-2-4-6(7)12(10)11-8(9)14/h2-5H,10H2,1H3,(H3,9,11,14). The molecule has 0 aliphatic rings. The maximum Gasteiger partial charge on any atom is 0.183 e. The van der Waals surface area contributed by atoms with E-state index in [1.807, 2.05) is 12.1 Å². The first kappa shape index (κ1) is 10.6. The molecule has 0 unspecified atom stereocenters. The number of rotatable bonds is 3. The van der Waals surface area contributed by atoms with Crippen molar-refractivity contribution in [3.8, 4) is 5.75 Å². The molecule has 5 N–H and O–H groups in total. The molecule has 0 heterocycles. The lowest BCUT2D eigenvalue weighted by molar-refractivity contribution is 0.414. The predicted octanol–water partition coefficient (Wildman–Crippen LogP) is 0.124. The van der Waals surface area contributed by atoms with Crippen molar-refractivity contribution in [2.45, 2.75) is 0 Å². The Kier molecular flexibility index (Phi) is 3.49. The van der Waals surface area contributed by atoms with Gasteiger partial charge in [0.2, 0.25) is 0 Å². The van der Waals surface area contributed by atoms with E-state index in [1.54, 1.807) is 19.2 Å². The van der Waals surface area contributed by atoms with Crippen LogP contribution in [0.4, 0.5) is 5.69 Å². The maximum atomic E-state index is 5.65. The summed E-state index contributed by atoms with van der Waals surface area (Å²) in [4.78, 5) is 0. The van der Waals surface area contributed by atoms with Gasteiger partial charge in [-0.25, -0.2) is 11.0 Å². The summed E-state index contributed by atoms with van der Waals surface area (Å²) in [6.45, 7) is 0. The van der Waals surface area contributed by atoms with Crippen molar-refractivity contribution in [1.29, 1.82) is 0 Å². The topological polar surface area (TPSA) is 76.5 Å². The largest absolute Gasteiger partial charge is 0.494 e. The van der Waals surface area contributed by atoms with Crippen molar-refractivity contribution in [2.24, 2.45) is 11.6 Å². The van der Waals surface area contributed by atoms with E-state index in [0.717, 1.165) is 0 Å². The summed E-state index contributed by atoms with van der Waals surface area (Å²) in [5, 5.41) is 1.31. The highest BCUT2D eigenvalue weighted by Crippen LogP contribution is 2.24. The van der Waals surface area contributed by atoms with Crippen LogP contribution < -0.4 is 26.9 Å². The minimum Gasteiger partial charge on any atom is -0.494 e. The first-order valence-electron chi connectivity index (χ1n) is 3.89. The second-order valence-corrected chi connectivity index (χ2v) is 2.96. The highest BCUT2D eigenvalue weighted by molar-refractivity contribution is 7.80. The fraction of sp³-hybridized carbons (Fsp3) is 0.125. The lowest BCUT2D eigenvalue weighted by Crippen LogP contribution is -2.49. The molecule has 0 amide bonds. The Morgan fingerprint density at radius 1 is 1.50 bits per heavy atom. The van der Waals surface area contributed by atoms with Gasteiger partial charge in [0.1, 0.15) is 11.4 Å². The van der Waals surface area contributed by atoms with E-state index < -0.39 is 0 Å². The van der Waals surface area contributed by atoms with E-state index in [0.29, 0.717) is 11.4 Å². The summed E-state index contributed by atoms with van der Waals surface area (Å²) in [6.07, 6.45) is 0. The molecule has 1 aromatic carbocycles. The molecule has 0 aromatic heterocycles. The number of nitrogens with zero attached hydrogens (tertiary/aromatic N) is 1. The number of benzene rings is 1. The summed E-state index contributed by atoms with van der Waals surface area (Å²) in [7, 11) is 1.56. The molecular weight excluding hydrogens is 200 g/mol. The van der Waals surface area contributed by atoms with Crippen molar-refractivity contribution in [1.82, 2.24) is 5.43 Å². The Bertz CT molecular complexity index is 331. The third-order valence-corrected chi connectivity index (χ3v) is 1.67. The molecule has 0 saturated heterocycles. The normalized spacial score (nSPS) is 9.29. The van der Waals surface area contributed by atoms with Gasteiger partial charge in [0.05, 0.1) is 7.11 Å². The number of para-hydroxylation sites is 2. The quantitative estimate of drug-likeness (QED) is 0.375. The summed E-state index contributed by atoms with van der Waals surface area (Å²) in [5.41, 5.74) is 8.51. The van der Waals surface area contributed by atoms with E-state index in [1.165, 1.54) is 5.12 Å². The molecule has 0 aliphatic carbocycles. The second kappa shape index (κ2) is 4.64. The van der Waals surface area contributed by atoms with Crippen molar-refractivity contribution in [2.75, 3.05) is 12.2 Å². The van der Waals surface area contributed by atoms with Crippen molar-refractivity contribution < 1.29 is 4.74 Å². The van der Waals surface area contributed by atoms with Gasteiger partial charge in [0.25, 0.3) is 0 Å². The summed E-state index contributed by atoms with van der Waals surface area (Å²) >= 11 is 4.66. The zero-order valence-electron chi connectivity index (χ0n) is 7.73. The van der Waals surface area contributed by atoms with Gasteiger partial charge in [-0.3, -0.25) is 5.43 Å². The first-order valence-corrected chi connectivity index (χ1v) is 4.30. The van der Waals surface area contributed by atoms with Crippen molar-refractivity contribution in [3.05, 3.63) is 24.3 Å². The van der Waals surface area contributed by atoms with Crippen LogP contribution in [-0.4, -0.2) is 12.2 Å². The highest BCUT2D eigenvalue weighted by atomic mass is 32.1. The van der Waals surface area contributed by atoms with Gasteiger partial charge in [0.15, 0.2) is 5.11 Å². The van der Waals surface area contributed by atoms with Crippen LogP contribution >= 0.6 is 12.2 Å². The van der Waals surface area contributed by atoms with Gasteiger partial charge < -0.3 is 10.5 Å². The van der Waals surface area contributed by atoms with Gasteiger partial charge in [0, 0.05) is 0 Å². The van der Waals surface area contributed by atoms with Crippen molar-refractivity contribution in [3.63, 3.8) is 0 Å². The number of hydrogen-bond acceptors (Lipinski definition) is 4. The molecule has 0 aliphatic heterocycles. The molecule has 14 heavy (non-hydrogen) atoms. The minimum atomic E-state index is 0.0957. The molecule has 0 bridgehead atoms. The Hall–Kier alpha value is -1.53. The molecule has 0 atom stereocenters. The lowest BCUT2D eigenvalue weighted by atomic mass is 10.3. The Morgan fingerprint density at radius 2 is 2.14 bits per heavy atom. The number of hydrogen-bond donors (Lipinski definition) is 3. The summed E-state index contributed by atoms with van der Waals surface area (Å²) in [5.74, 6) is 6.28. The fourth-order valence-electron chi connectivity index (χ4n) is 1.01. The van der Waals surface area contributed by atoms with Crippen LogP contribution in [-0.2, 0) is 0 Å². The average molecular weight is 212 g/mol. The maximum absolute atomic E-state index is 5.65. The Balaban J connectivity index is 2.87. The summed E-state index contributed by atoms with van der Waals surface area (Å²) < 4.78 is 5.10. The minimum absolute atomic E-state index is 0.0957. The van der Waals surface area contributed by atoms with Crippen molar-refractivity contribution >= 4 is 23.0 Å². The summed E-state index contributed by atoms with van der Waals surface area (Å²) in [6, 6.07) is 7.25.